The maximum absolute atomic E-state index is 3.75. The number of nitrogens with zero attached hydrogens (tertiary/aromatic N) is 2. The largest absolute Gasteiger partial charge is 0.312 e. The first-order valence-corrected chi connectivity index (χ1v) is 8.19. The van der Waals surface area contributed by atoms with Gasteiger partial charge in [0.25, 0.3) is 0 Å². The van der Waals surface area contributed by atoms with Crippen molar-refractivity contribution in [2.75, 3.05) is 39.8 Å². The molecule has 1 N–H and O–H groups in total. The fourth-order valence-corrected chi connectivity index (χ4v) is 3.70. The molecule has 1 atom stereocenters. The van der Waals surface area contributed by atoms with Crippen LogP contribution in [0.2, 0.25) is 0 Å². The van der Waals surface area contributed by atoms with E-state index >= 15 is 0 Å². The van der Waals surface area contributed by atoms with E-state index in [0.717, 1.165) is 6.04 Å². The summed E-state index contributed by atoms with van der Waals surface area (Å²) < 4.78 is 0. The highest BCUT2D eigenvalue weighted by Crippen LogP contribution is 2.31. The van der Waals surface area contributed by atoms with Gasteiger partial charge in [0.2, 0.25) is 0 Å². The average molecular weight is 267 g/mol. The van der Waals surface area contributed by atoms with Crippen LogP contribution in [0.3, 0.4) is 0 Å². The number of likely N-dealkylation sites (tertiary alicyclic amines) is 1. The van der Waals surface area contributed by atoms with Crippen molar-refractivity contribution >= 4 is 0 Å². The highest BCUT2D eigenvalue weighted by Gasteiger charge is 2.34. The molecule has 0 saturated carbocycles. The summed E-state index contributed by atoms with van der Waals surface area (Å²) in [4.78, 5) is 5.20. The summed E-state index contributed by atoms with van der Waals surface area (Å²) in [5.41, 5.74) is 0.455. The van der Waals surface area contributed by atoms with Crippen molar-refractivity contribution in [2.45, 2.75) is 58.5 Å². The van der Waals surface area contributed by atoms with Crippen molar-refractivity contribution in [3.8, 4) is 0 Å². The molecule has 2 aliphatic heterocycles. The second-order valence-corrected chi connectivity index (χ2v) is 7.20. The summed E-state index contributed by atoms with van der Waals surface area (Å²) in [5, 5.41) is 3.75. The zero-order chi connectivity index (χ0) is 13.9. The maximum atomic E-state index is 3.75. The van der Waals surface area contributed by atoms with Gasteiger partial charge in [-0.05, 0) is 64.3 Å². The highest BCUT2D eigenvalue weighted by molar-refractivity contribution is 4.91. The van der Waals surface area contributed by atoms with Gasteiger partial charge in [-0.2, -0.15) is 0 Å². The third-order valence-corrected chi connectivity index (χ3v) is 5.43. The normalized spacial score (nSPS) is 29.8. The summed E-state index contributed by atoms with van der Waals surface area (Å²) in [6.45, 7) is 13.3. The molecule has 3 nitrogen and oxygen atoms in total. The van der Waals surface area contributed by atoms with Crippen molar-refractivity contribution in [2.24, 2.45) is 5.41 Å². The molecule has 2 aliphatic rings. The van der Waals surface area contributed by atoms with Crippen LogP contribution in [0.25, 0.3) is 0 Å². The van der Waals surface area contributed by atoms with Crippen molar-refractivity contribution in [1.82, 2.24) is 15.1 Å². The lowest BCUT2D eigenvalue weighted by Gasteiger charge is -2.44. The van der Waals surface area contributed by atoms with Gasteiger partial charge in [-0.25, -0.2) is 0 Å². The van der Waals surface area contributed by atoms with Gasteiger partial charge >= 0.3 is 0 Å². The van der Waals surface area contributed by atoms with Crippen molar-refractivity contribution in [3.63, 3.8) is 0 Å². The fourth-order valence-electron chi connectivity index (χ4n) is 3.70. The lowest BCUT2D eigenvalue weighted by atomic mass is 9.77. The number of rotatable bonds is 4. The first-order valence-electron chi connectivity index (χ1n) is 8.19. The summed E-state index contributed by atoms with van der Waals surface area (Å²) in [6.07, 6.45) is 5.39. The molecule has 2 saturated heterocycles. The van der Waals surface area contributed by atoms with E-state index in [-0.39, 0.29) is 0 Å². The molecule has 1 unspecified atom stereocenters. The molecule has 0 amide bonds. The molecule has 0 aliphatic carbocycles. The minimum Gasteiger partial charge on any atom is -0.312 e. The molecular weight excluding hydrogens is 234 g/mol. The van der Waals surface area contributed by atoms with E-state index in [1.165, 1.54) is 58.4 Å². The average Bonchev–Trinajstić information content (AvgIpc) is 2.41. The molecule has 2 heterocycles. The number of piperidine rings is 2. The highest BCUT2D eigenvalue weighted by atomic mass is 15.2. The van der Waals surface area contributed by atoms with Crippen LogP contribution in [-0.2, 0) is 0 Å². The number of likely N-dealkylation sites (N-methyl/N-ethyl adjacent to an activating group) is 1. The van der Waals surface area contributed by atoms with Crippen LogP contribution in [-0.4, -0.2) is 61.7 Å². The van der Waals surface area contributed by atoms with Gasteiger partial charge in [-0.3, -0.25) is 0 Å². The van der Waals surface area contributed by atoms with E-state index in [4.69, 9.17) is 0 Å². The SMILES string of the molecule is CCN1CCC(N(C)CC2NCCCC2(C)C)CC1. The second-order valence-electron chi connectivity index (χ2n) is 7.20. The van der Waals surface area contributed by atoms with E-state index in [9.17, 15) is 0 Å². The Morgan fingerprint density at radius 2 is 1.95 bits per heavy atom. The molecule has 19 heavy (non-hydrogen) atoms. The number of hydrogen-bond acceptors (Lipinski definition) is 3. The summed E-state index contributed by atoms with van der Waals surface area (Å²) in [6, 6.07) is 1.46. The van der Waals surface area contributed by atoms with Crippen LogP contribution in [0, 0.1) is 5.41 Å². The van der Waals surface area contributed by atoms with Gasteiger partial charge in [-0.15, -0.1) is 0 Å². The Morgan fingerprint density at radius 3 is 2.53 bits per heavy atom. The third-order valence-electron chi connectivity index (χ3n) is 5.43. The van der Waals surface area contributed by atoms with Crippen LogP contribution in [0.1, 0.15) is 46.5 Å². The third kappa shape index (κ3) is 3.93. The summed E-state index contributed by atoms with van der Waals surface area (Å²) >= 11 is 0. The topological polar surface area (TPSA) is 18.5 Å². The van der Waals surface area contributed by atoms with E-state index in [2.05, 4.69) is 42.9 Å². The van der Waals surface area contributed by atoms with Gasteiger partial charge in [0.1, 0.15) is 0 Å². The minimum absolute atomic E-state index is 0.455. The van der Waals surface area contributed by atoms with Gasteiger partial charge in [0.05, 0.1) is 0 Å². The lowest BCUT2D eigenvalue weighted by molar-refractivity contribution is 0.0862. The molecule has 2 fully saturated rings. The zero-order valence-corrected chi connectivity index (χ0v) is 13.4. The predicted molar refractivity (Wildman–Crippen MR) is 82.6 cm³/mol. The van der Waals surface area contributed by atoms with Gasteiger partial charge in [0, 0.05) is 18.6 Å². The molecule has 2 rings (SSSR count). The Bertz CT molecular complexity index is 269. The fraction of sp³-hybridized carbons (Fsp3) is 1.00. The number of nitrogens with one attached hydrogen (secondary N) is 1. The Morgan fingerprint density at radius 1 is 1.26 bits per heavy atom. The molecule has 0 aromatic carbocycles. The Balaban J connectivity index is 1.82. The molecule has 3 heteroatoms. The van der Waals surface area contributed by atoms with Crippen LogP contribution >= 0.6 is 0 Å². The van der Waals surface area contributed by atoms with Crippen molar-refractivity contribution in [1.29, 1.82) is 0 Å². The standard InChI is InChI=1S/C16H33N3/c1-5-19-11-7-14(8-12-19)18(4)13-15-16(2,3)9-6-10-17-15/h14-15,17H,5-13H2,1-4H3. The van der Waals surface area contributed by atoms with Gasteiger partial charge in [0.15, 0.2) is 0 Å². The predicted octanol–water partition coefficient (Wildman–Crippen LogP) is 2.18. The quantitative estimate of drug-likeness (QED) is 0.842. The van der Waals surface area contributed by atoms with E-state index in [1.54, 1.807) is 0 Å². The van der Waals surface area contributed by atoms with E-state index in [0.29, 0.717) is 11.5 Å². The van der Waals surface area contributed by atoms with Gasteiger partial charge < -0.3 is 15.1 Å². The monoisotopic (exact) mass is 267 g/mol. The van der Waals surface area contributed by atoms with Crippen molar-refractivity contribution in [3.05, 3.63) is 0 Å². The second kappa shape index (κ2) is 6.55. The Hall–Kier alpha value is -0.120. The Kier molecular flexibility index (Phi) is 5.27. The smallest absolute Gasteiger partial charge is 0.0246 e. The van der Waals surface area contributed by atoms with Crippen LogP contribution in [0.15, 0.2) is 0 Å². The molecule has 0 aromatic rings. The van der Waals surface area contributed by atoms with E-state index in [1.807, 2.05) is 0 Å². The molecule has 0 spiro atoms. The van der Waals surface area contributed by atoms with Gasteiger partial charge in [-0.1, -0.05) is 20.8 Å². The minimum atomic E-state index is 0.455. The first kappa shape index (κ1) is 15.3. The summed E-state index contributed by atoms with van der Waals surface area (Å²) in [5.74, 6) is 0. The summed E-state index contributed by atoms with van der Waals surface area (Å²) in [7, 11) is 2.33. The van der Waals surface area contributed by atoms with Crippen LogP contribution in [0.5, 0.6) is 0 Å². The molecule has 0 aromatic heterocycles. The molecule has 112 valence electrons. The van der Waals surface area contributed by atoms with Crippen molar-refractivity contribution < 1.29 is 0 Å². The van der Waals surface area contributed by atoms with Crippen LogP contribution in [0.4, 0.5) is 0 Å². The molecular formula is C16H33N3. The molecule has 0 bridgehead atoms. The lowest BCUT2D eigenvalue weighted by Crippen LogP contribution is -2.54. The van der Waals surface area contributed by atoms with E-state index < -0.39 is 0 Å². The number of hydrogen-bond donors (Lipinski definition) is 1. The van der Waals surface area contributed by atoms with Crippen LogP contribution < -0.4 is 5.32 Å². The zero-order valence-electron chi connectivity index (χ0n) is 13.4. The Labute approximate surface area is 119 Å². The maximum Gasteiger partial charge on any atom is 0.0246 e. The first-order chi connectivity index (χ1) is 9.03. The molecule has 0 radical (unpaired) electrons.